The van der Waals surface area contributed by atoms with Crippen LogP contribution in [-0.4, -0.2) is 36.9 Å². The van der Waals surface area contributed by atoms with Crippen LogP contribution in [0, 0.1) is 5.41 Å². The largest absolute Gasteiger partial charge is 0.396 e. The minimum Gasteiger partial charge on any atom is -0.396 e. The van der Waals surface area contributed by atoms with Crippen molar-refractivity contribution in [2.24, 2.45) is 11.1 Å². The van der Waals surface area contributed by atoms with Crippen molar-refractivity contribution in [3.63, 3.8) is 0 Å². The van der Waals surface area contributed by atoms with Gasteiger partial charge in [-0.05, 0) is 31.0 Å². The van der Waals surface area contributed by atoms with Gasteiger partial charge in [0.2, 0.25) is 5.91 Å². The zero-order valence-electron chi connectivity index (χ0n) is 11.1. The van der Waals surface area contributed by atoms with Gasteiger partial charge in [0, 0.05) is 18.3 Å². The first kappa shape index (κ1) is 14.0. The molecule has 0 bridgehead atoms. The highest BCUT2D eigenvalue weighted by Gasteiger charge is 2.44. The summed E-state index contributed by atoms with van der Waals surface area (Å²) in [6.45, 7) is 2.71. The molecule has 0 saturated carbocycles. The summed E-state index contributed by atoms with van der Waals surface area (Å²) in [5.41, 5.74) is 7.00. The summed E-state index contributed by atoms with van der Waals surface area (Å²) < 4.78 is 5.27. The molecule has 1 aromatic carbocycles. The van der Waals surface area contributed by atoms with Crippen LogP contribution >= 0.6 is 0 Å². The second-order valence-electron chi connectivity index (χ2n) is 5.16. The molecule has 4 N–H and O–H groups in total. The van der Waals surface area contributed by atoms with Crippen molar-refractivity contribution in [2.45, 2.75) is 19.4 Å². The van der Waals surface area contributed by atoms with Crippen molar-refractivity contribution in [1.82, 2.24) is 0 Å². The second kappa shape index (κ2) is 5.69. The van der Waals surface area contributed by atoms with E-state index in [9.17, 15) is 4.79 Å². The van der Waals surface area contributed by atoms with Crippen LogP contribution in [0.3, 0.4) is 0 Å². The van der Waals surface area contributed by atoms with E-state index in [0.29, 0.717) is 19.6 Å². The van der Waals surface area contributed by atoms with Gasteiger partial charge in [-0.2, -0.15) is 0 Å². The Bertz CT molecular complexity index is 447. The van der Waals surface area contributed by atoms with Crippen molar-refractivity contribution in [1.29, 1.82) is 0 Å². The van der Waals surface area contributed by atoms with E-state index in [0.717, 1.165) is 11.3 Å². The summed E-state index contributed by atoms with van der Waals surface area (Å²) in [5.74, 6) is -0.118. The van der Waals surface area contributed by atoms with Crippen molar-refractivity contribution in [3.8, 4) is 0 Å². The first-order valence-electron chi connectivity index (χ1n) is 6.41. The number of nitrogens with two attached hydrogens (primary N) is 1. The molecule has 5 heteroatoms. The number of anilines is 1. The van der Waals surface area contributed by atoms with Gasteiger partial charge in [-0.3, -0.25) is 4.79 Å². The number of carbonyl (C=O) groups excluding carboxylic acids is 1. The highest BCUT2D eigenvalue weighted by atomic mass is 16.5. The number of carbonyl (C=O) groups is 1. The van der Waals surface area contributed by atoms with Gasteiger partial charge < -0.3 is 20.9 Å². The van der Waals surface area contributed by atoms with Crippen LogP contribution in [0.15, 0.2) is 24.3 Å². The van der Waals surface area contributed by atoms with Gasteiger partial charge in [-0.15, -0.1) is 0 Å². The lowest BCUT2D eigenvalue weighted by Crippen LogP contribution is -2.47. The fourth-order valence-electron chi connectivity index (χ4n) is 2.08. The molecule has 19 heavy (non-hydrogen) atoms. The summed E-state index contributed by atoms with van der Waals surface area (Å²) in [6, 6.07) is 7.15. The molecule has 1 saturated heterocycles. The quantitative estimate of drug-likeness (QED) is 0.740. The van der Waals surface area contributed by atoms with Crippen LogP contribution in [-0.2, 0) is 16.0 Å². The molecule has 0 aromatic heterocycles. The lowest BCUT2D eigenvalue weighted by molar-refractivity contribution is -0.125. The maximum Gasteiger partial charge on any atom is 0.234 e. The van der Waals surface area contributed by atoms with E-state index >= 15 is 0 Å². The first-order chi connectivity index (χ1) is 9.06. The number of aliphatic hydroxyl groups excluding tert-OH is 1. The number of hydrogen-bond donors (Lipinski definition) is 3. The molecule has 2 rings (SSSR count). The molecular weight excluding hydrogens is 244 g/mol. The fraction of sp³-hybridized carbons (Fsp3) is 0.500. The van der Waals surface area contributed by atoms with Crippen molar-refractivity contribution in [3.05, 3.63) is 29.8 Å². The van der Waals surface area contributed by atoms with E-state index in [1.54, 1.807) is 0 Å². The fourth-order valence-corrected chi connectivity index (χ4v) is 2.08. The molecule has 1 amide bonds. The van der Waals surface area contributed by atoms with E-state index in [-0.39, 0.29) is 18.6 Å². The summed E-state index contributed by atoms with van der Waals surface area (Å²) in [7, 11) is 0. The predicted molar refractivity (Wildman–Crippen MR) is 72.8 cm³/mol. The SMILES string of the molecule is CC1(C(=O)Nc2ccc(CCO)cc2)COCC1N. The Morgan fingerprint density at radius 3 is 2.74 bits per heavy atom. The maximum atomic E-state index is 12.2. The summed E-state index contributed by atoms with van der Waals surface area (Å²) in [5, 5.41) is 11.7. The minimum absolute atomic E-state index is 0.118. The second-order valence-corrected chi connectivity index (χ2v) is 5.16. The van der Waals surface area contributed by atoms with Gasteiger partial charge in [0.05, 0.1) is 18.6 Å². The molecule has 1 aliphatic rings. The highest BCUT2D eigenvalue weighted by Crippen LogP contribution is 2.28. The average Bonchev–Trinajstić information content (AvgIpc) is 2.74. The topological polar surface area (TPSA) is 84.6 Å². The molecule has 104 valence electrons. The molecule has 0 radical (unpaired) electrons. The summed E-state index contributed by atoms with van der Waals surface area (Å²) in [4.78, 5) is 12.2. The van der Waals surface area contributed by atoms with E-state index < -0.39 is 5.41 Å². The molecule has 1 heterocycles. The zero-order valence-corrected chi connectivity index (χ0v) is 11.1. The van der Waals surface area contributed by atoms with Gasteiger partial charge in [0.25, 0.3) is 0 Å². The van der Waals surface area contributed by atoms with E-state index in [2.05, 4.69) is 5.32 Å². The summed E-state index contributed by atoms with van der Waals surface area (Å²) in [6.07, 6.45) is 0.616. The number of nitrogens with one attached hydrogen (secondary N) is 1. The van der Waals surface area contributed by atoms with Crippen molar-refractivity contribution < 1.29 is 14.6 Å². The Morgan fingerprint density at radius 1 is 1.53 bits per heavy atom. The smallest absolute Gasteiger partial charge is 0.234 e. The lowest BCUT2D eigenvalue weighted by atomic mass is 9.85. The maximum absolute atomic E-state index is 12.2. The molecule has 5 nitrogen and oxygen atoms in total. The number of rotatable bonds is 4. The van der Waals surface area contributed by atoms with E-state index in [1.165, 1.54) is 0 Å². The minimum atomic E-state index is -0.677. The van der Waals surface area contributed by atoms with Gasteiger partial charge >= 0.3 is 0 Å². The van der Waals surface area contributed by atoms with Gasteiger partial charge in [0.1, 0.15) is 0 Å². The van der Waals surface area contributed by atoms with Crippen molar-refractivity contribution in [2.75, 3.05) is 25.1 Å². The molecule has 2 atom stereocenters. The Kier molecular flexibility index (Phi) is 4.19. The van der Waals surface area contributed by atoms with Crippen LogP contribution in [0.2, 0.25) is 0 Å². The predicted octanol–water partition coefficient (Wildman–Crippen LogP) is 0.524. The summed E-state index contributed by atoms with van der Waals surface area (Å²) >= 11 is 0. The van der Waals surface area contributed by atoms with E-state index in [1.807, 2.05) is 31.2 Å². The van der Waals surface area contributed by atoms with Gasteiger partial charge in [0.15, 0.2) is 0 Å². The van der Waals surface area contributed by atoms with Crippen LogP contribution in [0.25, 0.3) is 0 Å². The molecule has 2 unspecified atom stereocenters. The number of ether oxygens (including phenoxy) is 1. The third-order valence-electron chi connectivity index (χ3n) is 3.65. The van der Waals surface area contributed by atoms with E-state index in [4.69, 9.17) is 15.6 Å². The van der Waals surface area contributed by atoms with Crippen LogP contribution in [0.1, 0.15) is 12.5 Å². The Hall–Kier alpha value is -1.43. The average molecular weight is 264 g/mol. The number of amides is 1. The van der Waals surface area contributed by atoms with Crippen LogP contribution in [0.4, 0.5) is 5.69 Å². The molecular formula is C14H20N2O3. The lowest BCUT2D eigenvalue weighted by Gasteiger charge is -2.25. The van der Waals surface area contributed by atoms with Crippen molar-refractivity contribution >= 4 is 11.6 Å². The number of benzene rings is 1. The Morgan fingerprint density at radius 2 is 2.21 bits per heavy atom. The van der Waals surface area contributed by atoms with Gasteiger partial charge in [-0.1, -0.05) is 12.1 Å². The normalized spacial score (nSPS) is 26.4. The zero-order chi connectivity index (χ0) is 13.9. The standard InChI is InChI=1S/C14H20N2O3/c1-14(9-19-8-12(14)15)13(18)16-11-4-2-10(3-5-11)6-7-17/h2-5,12,17H,6-9,15H2,1H3,(H,16,18). The molecule has 0 aliphatic carbocycles. The number of hydrogen-bond acceptors (Lipinski definition) is 4. The monoisotopic (exact) mass is 264 g/mol. The Balaban J connectivity index is 2.02. The van der Waals surface area contributed by atoms with Gasteiger partial charge in [-0.25, -0.2) is 0 Å². The third kappa shape index (κ3) is 2.94. The number of aliphatic hydroxyl groups is 1. The Labute approximate surface area is 112 Å². The molecule has 1 aromatic rings. The van der Waals surface area contributed by atoms with Crippen LogP contribution < -0.4 is 11.1 Å². The molecule has 1 aliphatic heterocycles. The molecule has 0 spiro atoms. The van der Waals surface area contributed by atoms with Crippen LogP contribution in [0.5, 0.6) is 0 Å². The molecule has 1 fully saturated rings. The first-order valence-corrected chi connectivity index (χ1v) is 6.41. The highest BCUT2D eigenvalue weighted by molar-refractivity contribution is 5.96. The third-order valence-corrected chi connectivity index (χ3v) is 3.65.